The lowest BCUT2D eigenvalue weighted by atomic mass is 9.99. The third-order valence-corrected chi connectivity index (χ3v) is 3.92. The highest BCUT2D eigenvalue weighted by Crippen LogP contribution is 2.30. The first-order chi connectivity index (χ1) is 10.2. The second-order valence-corrected chi connectivity index (χ2v) is 5.21. The van der Waals surface area contributed by atoms with E-state index in [4.69, 9.17) is 10.5 Å². The van der Waals surface area contributed by atoms with Gasteiger partial charge >= 0.3 is 5.97 Å². The quantitative estimate of drug-likeness (QED) is 0.679. The lowest BCUT2D eigenvalue weighted by Gasteiger charge is -2.31. The smallest absolute Gasteiger partial charge is 0.337 e. The number of esters is 1. The Morgan fingerprint density at radius 2 is 1.95 bits per heavy atom. The molecule has 2 aromatic rings. The second-order valence-electron chi connectivity index (χ2n) is 5.21. The van der Waals surface area contributed by atoms with Gasteiger partial charge in [-0.25, -0.2) is 4.79 Å². The molecule has 2 aromatic carbocycles. The molecule has 4 nitrogen and oxygen atoms in total. The predicted octanol–water partition coefficient (Wildman–Crippen LogP) is 2.62. The van der Waals surface area contributed by atoms with Gasteiger partial charge in [-0.3, -0.25) is 0 Å². The minimum Gasteiger partial charge on any atom is -0.465 e. The maximum Gasteiger partial charge on any atom is 0.337 e. The molecule has 1 heterocycles. The molecule has 2 N–H and O–H groups in total. The standard InChI is InChI=1S/C17H18N2O2/c1-21-17(20)13-6-7-15(18)16(10-13)19-9-8-12-4-2-3-5-14(12)11-19/h2-7,10H,8-9,11,18H2,1H3. The number of rotatable bonds is 2. The molecule has 0 saturated heterocycles. The van der Waals surface area contributed by atoms with Crippen molar-refractivity contribution in [3.05, 3.63) is 59.2 Å². The number of carbonyl (C=O) groups excluding carboxylic acids is 1. The summed E-state index contributed by atoms with van der Waals surface area (Å²) < 4.78 is 4.78. The Bertz CT molecular complexity index is 682. The fraction of sp³-hybridized carbons (Fsp3) is 0.235. The number of benzene rings is 2. The summed E-state index contributed by atoms with van der Waals surface area (Å²) in [5.41, 5.74) is 10.9. The fourth-order valence-corrected chi connectivity index (χ4v) is 2.76. The first kappa shape index (κ1) is 13.5. The van der Waals surface area contributed by atoms with Gasteiger partial charge in [-0.15, -0.1) is 0 Å². The molecule has 0 unspecified atom stereocenters. The van der Waals surface area contributed by atoms with Crippen LogP contribution in [0, 0.1) is 0 Å². The van der Waals surface area contributed by atoms with Gasteiger partial charge in [0, 0.05) is 13.1 Å². The molecule has 0 aliphatic carbocycles. The summed E-state index contributed by atoms with van der Waals surface area (Å²) in [6, 6.07) is 13.7. The van der Waals surface area contributed by atoms with Crippen molar-refractivity contribution >= 4 is 17.3 Å². The maximum atomic E-state index is 11.7. The first-order valence-corrected chi connectivity index (χ1v) is 6.98. The minimum atomic E-state index is -0.339. The van der Waals surface area contributed by atoms with E-state index in [1.54, 1.807) is 12.1 Å². The van der Waals surface area contributed by atoms with E-state index in [1.165, 1.54) is 18.2 Å². The number of carbonyl (C=O) groups is 1. The lowest BCUT2D eigenvalue weighted by Crippen LogP contribution is -2.31. The molecule has 4 heteroatoms. The zero-order valence-corrected chi connectivity index (χ0v) is 12.0. The van der Waals surface area contributed by atoms with E-state index in [0.29, 0.717) is 11.3 Å². The highest BCUT2D eigenvalue weighted by molar-refractivity contribution is 5.92. The number of methoxy groups -OCH3 is 1. The largest absolute Gasteiger partial charge is 0.465 e. The predicted molar refractivity (Wildman–Crippen MR) is 83.4 cm³/mol. The van der Waals surface area contributed by atoms with E-state index in [1.807, 2.05) is 6.07 Å². The molecule has 0 amide bonds. The van der Waals surface area contributed by atoms with E-state index in [2.05, 4.69) is 29.2 Å². The number of anilines is 2. The highest BCUT2D eigenvalue weighted by Gasteiger charge is 2.19. The van der Waals surface area contributed by atoms with Crippen molar-refractivity contribution in [2.45, 2.75) is 13.0 Å². The molecule has 0 spiro atoms. The van der Waals surface area contributed by atoms with Crippen LogP contribution in [0.1, 0.15) is 21.5 Å². The van der Waals surface area contributed by atoms with Gasteiger partial charge in [0.25, 0.3) is 0 Å². The van der Waals surface area contributed by atoms with Crippen LogP contribution in [-0.2, 0) is 17.7 Å². The maximum absolute atomic E-state index is 11.7. The Kier molecular flexibility index (Phi) is 3.52. The van der Waals surface area contributed by atoms with Gasteiger partial charge < -0.3 is 15.4 Å². The van der Waals surface area contributed by atoms with E-state index in [0.717, 1.165) is 25.2 Å². The normalized spacial score (nSPS) is 13.7. The molecule has 0 fully saturated rings. The summed E-state index contributed by atoms with van der Waals surface area (Å²) in [6.45, 7) is 1.71. The number of ether oxygens (including phenoxy) is 1. The minimum absolute atomic E-state index is 0.339. The van der Waals surface area contributed by atoms with Crippen LogP contribution in [0.25, 0.3) is 0 Å². The number of hydrogen-bond donors (Lipinski definition) is 1. The Morgan fingerprint density at radius 1 is 1.19 bits per heavy atom. The van der Waals surface area contributed by atoms with Crippen molar-refractivity contribution in [1.82, 2.24) is 0 Å². The van der Waals surface area contributed by atoms with Gasteiger partial charge in [0.15, 0.2) is 0 Å². The van der Waals surface area contributed by atoms with E-state index in [9.17, 15) is 4.79 Å². The first-order valence-electron chi connectivity index (χ1n) is 6.98. The van der Waals surface area contributed by atoms with Crippen molar-refractivity contribution < 1.29 is 9.53 Å². The molecule has 1 aliphatic heterocycles. The average Bonchev–Trinajstić information content (AvgIpc) is 2.54. The van der Waals surface area contributed by atoms with E-state index in [-0.39, 0.29) is 5.97 Å². The van der Waals surface area contributed by atoms with Gasteiger partial charge in [-0.2, -0.15) is 0 Å². The summed E-state index contributed by atoms with van der Waals surface area (Å²) in [6.07, 6.45) is 0.984. The third kappa shape index (κ3) is 2.57. The number of nitrogen functional groups attached to an aromatic ring is 1. The SMILES string of the molecule is COC(=O)c1ccc(N)c(N2CCc3ccccc3C2)c1. The monoisotopic (exact) mass is 282 g/mol. The topological polar surface area (TPSA) is 55.6 Å². The van der Waals surface area contributed by atoms with Crippen molar-refractivity contribution in [2.24, 2.45) is 0 Å². The number of nitrogens with zero attached hydrogens (tertiary/aromatic N) is 1. The van der Waals surface area contributed by atoms with Crippen LogP contribution in [0.15, 0.2) is 42.5 Å². The Labute approximate surface area is 124 Å². The third-order valence-electron chi connectivity index (χ3n) is 3.92. The fourth-order valence-electron chi connectivity index (χ4n) is 2.76. The van der Waals surface area contributed by atoms with Crippen LogP contribution in [0.4, 0.5) is 11.4 Å². The summed E-state index contributed by atoms with van der Waals surface area (Å²) in [5.74, 6) is -0.339. The summed E-state index contributed by atoms with van der Waals surface area (Å²) >= 11 is 0. The van der Waals surface area contributed by atoms with Gasteiger partial charge in [-0.1, -0.05) is 24.3 Å². The summed E-state index contributed by atoms with van der Waals surface area (Å²) in [7, 11) is 1.38. The van der Waals surface area contributed by atoms with Crippen molar-refractivity contribution in [1.29, 1.82) is 0 Å². The van der Waals surface area contributed by atoms with Gasteiger partial charge in [0.1, 0.15) is 0 Å². The van der Waals surface area contributed by atoms with Crippen molar-refractivity contribution in [2.75, 3.05) is 24.3 Å². The van der Waals surface area contributed by atoms with Gasteiger partial charge in [0.05, 0.1) is 24.0 Å². The molecule has 0 aromatic heterocycles. The molecule has 0 atom stereocenters. The second kappa shape index (κ2) is 5.48. The number of hydrogen-bond acceptors (Lipinski definition) is 4. The molecular weight excluding hydrogens is 264 g/mol. The molecule has 0 radical (unpaired) electrons. The molecular formula is C17H18N2O2. The van der Waals surface area contributed by atoms with Crippen LogP contribution >= 0.6 is 0 Å². The van der Waals surface area contributed by atoms with Crippen molar-refractivity contribution in [3.63, 3.8) is 0 Å². The van der Waals surface area contributed by atoms with Crippen molar-refractivity contribution in [3.8, 4) is 0 Å². The van der Waals surface area contributed by atoms with Crippen LogP contribution in [-0.4, -0.2) is 19.6 Å². The Morgan fingerprint density at radius 3 is 2.71 bits per heavy atom. The Balaban J connectivity index is 1.93. The number of fused-ring (bicyclic) bond motifs is 1. The van der Waals surface area contributed by atoms with E-state index >= 15 is 0 Å². The van der Waals surface area contributed by atoms with Crippen LogP contribution < -0.4 is 10.6 Å². The number of nitrogens with two attached hydrogens (primary N) is 1. The molecule has 0 saturated carbocycles. The highest BCUT2D eigenvalue weighted by atomic mass is 16.5. The molecule has 1 aliphatic rings. The average molecular weight is 282 g/mol. The van der Waals surface area contributed by atoms with E-state index < -0.39 is 0 Å². The van der Waals surface area contributed by atoms with Crippen LogP contribution in [0.2, 0.25) is 0 Å². The molecule has 21 heavy (non-hydrogen) atoms. The summed E-state index contributed by atoms with van der Waals surface area (Å²) in [4.78, 5) is 13.9. The molecule has 3 rings (SSSR count). The lowest BCUT2D eigenvalue weighted by molar-refractivity contribution is 0.0601. The van der Waals surface area contributed by atoms with Gasteiger partial charge in [-0.05, 0) is 35.7 Å². The molecule has 0 bridgehead atoms. The zero-order valence-electron chi connectivity index (χ0n) is 12.0. The van der Waals surface area contributed by atoms with Crippen LogP contribution in [0.3, 0.4) is 0 Å². The molecule has 108 valence electrons. The van der Waals surface area contributed by atoms with Crippen LogP contribution in [0.5, 0.6) is 0 Å². The Hall–Kier alpha value is -2.49. The van der Waals surface area contributed by atoms with Gasteiger partial charge in [0.2, 0.25) is 0 Å². The zero-order chi connectivity index (χ0) is 14.8. The summed E-state index contributed by atoms with van der Waals surface area (Å²) in [5, 5.41) is 0.